The van der Waals surface area contributed by atoms with Gasteiger partial charge in [-0.05, 0) is 61.1 Å². The Hall–Kier alpha value is -2.82. The van der Waals surface area contributed by atoms with Crippen LogP contribution >= 0.6 is 0 Å². The SMILES string of the molecule is C[C@@H](NC(=O)CCC(=O)c1ccc2c(c1)CCC2)c1ccc2c(c1)OCCO2. The molecule has 2 aliphatic rings. The number of rotatable bonds is 6. The minimum Gasteiger partial charge on any atom is -0.486 e. The molecule has 1 heterocycles. The number of amides is 1. The summed E-state index contributed by atoms with van der Waals surface area (Å²) in [6.45, 7) is 3.00. The molecule has 5 nitrogen and oxygen atoms in total. The largest absolute Gasteiger partial charge is 0.486 e. The number of carbonyl (C=O) groups is 2. The average Bonchev–Trinajstić information content (AvgIpc) is 3.19. The maximum absolute atomic E-state index is 12.5. The van der Waals surface area contributed by atoms with Crippen LogP contribution in [0.5, 0.6) is 11.5 Å². The van der Waals surface area contributed by atoms with Gasteiger partial charge in [0.05, 0.1) is 6.04 Å². The second-order valence-electron chi connectivity index (χ2n) is 7.45. The number of hydrogen-bond donors (Lipinski definition) is 1. The van der Waals surface area contributed by atoms with Gasteiger partial charge in [0.15, 0.2) is 17.3 Å². The van der Waals surface area contributed by atoms with Crippen molar-refractivity contribution in [3.8, 4) is 11.5 Å². The Bertz CT molecular complexity index is 905. The van der Waals surface area contributed by atoms with Gasteiger partial charge >= 0.3 is 0 Å². The van der Waals surface area contributed by atoms with E-state index in [9.17, 15) is 9.59 Å². The summed E-state index contributed by atoms with van der Waals surface area (Å²) in [7, 11) is 0. The van der Waals surface area contributed by atoms with Crippen LogP contribution in [-0.4, -0.2) is 24.9 Å². The molecule has 2 aromatic carbocycles. The van der Waals surface area contributed by atoms with Crippen molar-refractivity contribution in [3.05, 3.63) is 58.7 Å². The fourth-order valence-electron chi connectivity index (χ4n) is 3.84. The van der Waals surface area contributed by atoms with Crippen LogP contribution in [0.2, 0.25) is 0 Å². The molecule has 28 heavy (non-hydrogen) atoms. The predicted molar refractivity (Wildman–Crippen MR) is 106 cm³/mol. The van der Waals surface area contributed by atoms with Crippen molar-refractivity contribution in [2.75, 3.05) is 13.2 Å². The van der Waals surface area contributed by atoms with E-state index in [-0.39, 0.29) is 30.6 Å². The molecule has 5 heteroatoms. The van der Waals surface area contributed by atoms with E-state index in [4.69, 9.17) is 9.47 Å². The third-order valence-corrected chi connectivity index (χ3v) is 5.44. The van der Waals surface area contributed by atoms with Gasteiger partial charge in [-0.15, -0.1) is 0 Å². The molecule has 0 spiro atoms. The highest BCUT2D eigenvalue weighted by molar-refractivity contribution is 5.98. The van der Waals surface area contributed by atoms with E-state index in [1.54, 1.807) is 0 Å². The Morgan fingerprint density at radius 2 is 1.75 bits per heavy atom. The number of ketones is 1. The van der Waals surface area contributed by atoms with Gasteiger partial charge in [0, 0.05) is 18.4 Å². The lowest BCUT2D eigenvalue weighted by Crippen LogP contribution is -2.27. The molecule has 0 fully saturated rings. The van der Waals surface area contributed by atoms with Gasteiger partial charge in [0.1, 0.15) is 13.2 Å². The molecule has 1 N–H and O–H groups in total. The summed E-state index contributed by atoms with van der Waals surface area (Å²) in [4.78, 5) is 24.8. The third-order valence-electron chi connectivity index (χ3n) is 5.44. The fourth-order valence-corrected chi connectivity index (χ4v) is 3.84. The first-order chi connectivity index (χ1) is 13.6. The number of carbonyl (C=O) groups excluding carboxylic acids is 2. The van der Waals surface area contributed by atoms with Crippen molar-refractivity contribution in [1.29, 1.82) is 0 Å². The Morgan fingerprint density at radius 1 is 0.964 bits per heavy atom. The number of ether oxygens (including phenoxy) is 2. The lowest BCUT2D eigenvalue weighted by molar-refractivity contribution is -0.121. The molecule has 146 valence electrons. The smallest absolute Gasteiger partial charge is 0.220 e. The van der Waals surface area contributed by atoms with Gasteiger partial charge < -0.3 is 14.8 Å². The van der Waals surface area contributed by atoms with E-state index in [1.807, 2.05) is 37.3 Å². The molecule has 1 aliphatic carbocycles. The van der Waals surface area contributed by atoms with Crippen molar-refractivity contribution in [3.63, 3.8) is 0 Å². The molecular weight excluding hydrogens is 354 g/mol. The summed E-state index contributed by atoms with van der Waals surface area (Å²) in [5.41, 5.74) is 4.29. The molecule has 4 rings (SSSR count). The van der Waals surface area contributed by atoms with E-state index in [1.165, 1.54) is 11.1 Å². The number of hydrogen-bond acceptors (Lipinski definition) is 4. The van der Waals surface area contributed by atoms with Crippen molar-refractivity contribution < 1.29 is 19.1 Å². The van der Waals surface area contributed by atoms with Gasteiger partial charge in [-0.2, -0.15) is 0 Å². The zero-order chi connectivity index (χ0) is 19.5. The Labute approximate surface area is 165 Å². The summed E-state index contributed by atoms with van der Waals surface area (Å²) in [5, 5.41) is 2.96. The predicted octanol–water partition coefficient (Wildman–Crippen LogP) is 3.79. The number of aryl methyl sites for hydroxylation is 2. The van der Waals surface area contributed by atoms with Crippen LogP contribution in [0, 0.1) is 0 Å². The molecule has 0 saturated heterocycles. The minimum atomic E-state index is -0.168. The van der Waals surface area contributed by atoms with Crippen molar-refractivity contribution in [2.24, 2.45) is 0 Å². The minimum absolute atomic E-state index is 0.0248. The van der Waals surface area contributed by atoms with Crippen molar-refractivity contribution in [2.45, 2.75) is 45.1 Å². The lowest BCUT2D eigenvalue weighted by Gasteiger charge is -2.21. The highest BCUT2D eigenvalue weighted by Gasteiger charge is 2.18. The fraction of sp³-hybridized carbons (Fsp3) is 0.391. The Kier molecular flexibility index (Phi) is 5.33. The van der Waals surface area contributed by atoms with Crippen LogP contribution < -0.4 is 14.8 Å². The van der Waals surface area contributed by atoms with E-state index >= 15 is 0 Å². The molecule has 0 radical (unpaired) electrons. The van der Waals surface area contributed by atoms with Crippen LogP contribution in [0.15, 0.2) is 36.4 Å². The van der Waals surface area contributed by atoms with E-state index in [0.29, 0.717) is 24.5 Å². The van der Waals surface area contributed by atoms with Crippen LogP contribution in [0.1, 0.15) is 59.3 Å². The standard InChI is InChI=1S/C23H25NO4/c1-15(17-7-9-21-22(14-17)28-12-11-27-21)24-23(26)10-8-20(25)19-6-5-16-3-2-4-18(16)13-19/h5-7,9,13-15H,2-4,8,10-12H2,1H3,(H,24,26)/t15-/m1/s1. The first-order valence-corrected chi connectivity index (χ1v) is 9.94. The van der Waals surface area contributed by atoms with Crippen LogP contribution in [0.25, 0.3) is 0 Å². The molecule has 0 saturated carbocycles. The molecule has 0 unspecified atom stereocenters. The van der Waals surface area contributed by atoms with Gasteiger partial charge in [-0.3, -0.25) is 9.59 Å². The first-order valence-electron chi connectivity index (χ1n) is 9.94. The maximum Gasteiger partial charge on any atom is 0.220 e. The number of nitrogens with one attached hydrogen (secondary N) is 1. The molecule has 0 bridgehead atoms. The lowest BCUT2D eigenvalue weighted by atomic mass is 10.0. The van der Waals surface area contributed by atoms with Crippen LogP contribution in [-0.2, 0) is 17.6 Å². The van der Waals surface area contributed by atoms with E-state index < -0.39 is 0 Å². The van der Waals surface area contributed by atoms with Gasteiger partial charge in [-0.25, -0.2) is 0 Å². The van der Waals surface area contributed by atoms with Gasteiger partial charge in [-0.1, -0.05) is 18.2 Å². The highest BCUT2D eigenvalue weighted by Crippen LogP contribution is 2.32. The number of benzene rings is 2. The highest BCUT2D eigenvalue weighted by atomic mass is 16.6. The summed E-state index contributed by atoms with van der Waals surface area (Å²) in [6, 6.07) is 11.5. The normalized spacial score (nSPS) is 15.6. The molecule has 1 aliphatic heterocycles. The molecule has 2 aromatic rings. The van der Waals surface area contributed by atoms with Gasteiger partial charge in [0.25, 0.3) is 0 Å². The average molecular weight is 379 g/mol. The molecule has 0 aromatic heterocycles. The first kappa shape index (κ1) is 18.5. The maximum atomic E-state index is 12.5. The monoisotopic (exact) mass is 379 g/mol. The second kappa shape index (κ2) is 8.05. The topological polar surface area (TPSA) is 64.6 Å². The summed E-state index contributed by atoms with van der Waals surface area (Å²) >= 11 is 0. The second-order valence-corrected chi connectivity index (χ2v) is 7.45. The van der Waals surface area contributed by atoms with E-state index in [0.717, 1.165) is 30.6 Å². The Morgan fingerprint density at radius 3 is 2.61 bits per heavy atom. The molecule has 1 atom stereocenters. The third kappa shape index (κ3) is 4.03. The van der Waals surface area contributed by atoms with E-state index in [2.05, 4.69) is 11.4 Å². The summed E-state index contributed by atoms with van der Waals surface area (Å²) < 4.78 is 11.1. The summed E-state index contributed by atoms with van der Waals surface area (Å²) in [6.07, 6.45) is 3.71. The Balaban J connectivity index is 1.31. The van der Waals surface area contributed by atoms with Gasteiger partial charge in [0.2, 0.25) is 5.91 Å². The number of fused-ring (bicyclic) bond motifs is 2. The zero-order valence-electron chi connectivity index (χ0n) is 16.1. The molecular formula is C23H25NO4. The summed E-state index contributed by atoms with van der Waals surface area (Å²) in [5.74, 6) is 1.33. The van der Waals surface area contributed by atoms with Crippen LogP contribution in [0.3, 0.4) is 0 Å². The quantitative estimate of drug-likeness (QED) is 0.776. The van der Waals surface area contributed by atoms with Crippen LogP contribution in [0.4, 0.5) is 0 Å². The zero-order valence-corrected chi connectivity index (χ0v) is 16.1. The molecule has 1 amide bonds. The van der Waals surface area contributed by atoms with Crippen molar-refractivity contribution >= 4 is 11.7 Å². The number of Topliss-reactive ketones (excluding diaryl/α,β-unsaturated/α-hetero) is 1. The van der Waals surface area contributed by atoms with Crippen molar-refractivity contribution in [1.82, 2.24) is 5.32 Å².